The third kappa shape index (κ3) is 5.21. The number of anilines is 1. The fourth-order valence-corrected chi connectivity index (χ4v) is 3.03. The van der Waals surface area contributed by atoms with Crippen LogP contribution in [0.1, 0.15) is 45.9 Å². The van der Waals surface area contributed by atoms with Gasteiger partial charge in [-0.2, -0.15) is 4.72 Å². The summed E-state index contributed by atoms with van der Waals surface area (Å²) < 4.78 is 15.2. The minimum atomic E-state index is -1.49. The quantitative estimate of drug-likeness (QED) is 0.431. The summed E-state index contributed by atoms with van der Waals surface area (Å²) in [6.45, 7) is 10.3. The lowest BCUT2D eigenvalue weighted by atomic mass is 9.91. The number of hydrogen-bond acceptors (Lipinski definition) is 4. The third-order valence-corrected chi connectivity index (χ3v) is 4.60. The van der Waals surface area contributed by atoms with E-state index in [0.29, 0.717) is 16.3 Å². The summed E-state index contributed by atoms with van der Waals surface area (Å²) in [7, 11) is 0. The van der Waals surface area contributed by atoms with Crippen LogP contribution in [0.4, 0.5) is 5.82 Å². The van der Waals surface area contributed by atoms with Crippen molar-refractivity contribution in [3.05, 3.63) is 53.7 Å². The SMILES string of the molecule is CC(C)Nc1nc(C(C)(C)C)ccc1C(=N)N[S+]([O-])c1ccccc1. The first-order valence-corrected chi connectivity index (χ1v) is 9.44. The maximum atomic E-state index is 12.4. The molecular weight excluding hydrogens is 332 g/mol. The number of nitrogens with one attached hydrogen (secondary N) is 3. The Hall–Kier alpha value is -2.05. The molecule has 0 aliphatic heterocycles. The molecular formula is C19H26N4OS. The predicted octanol–water partition coefficient (Wildman–Crippen LogP) is 3.84. The van der Waals surface area contributed by atoms with Crippen LogP contribution in [0, 0.1) is 5.41 Å². The summed E-state index contributed by atoms with van der Waals surface area (Å²) in [6.07, 6.45) is 0. The summed E-state index contributed by atoms with van der Waals surface area (Å²) in [5.74, 6) is 0.711. The molecule has 2 aromatic rings. The maximum Gasteiger partial charge on any atom is 0.179 e. The zero-order valence-electron chi connectivity index (χ0n) is 15.4. The molecule has 0 bridgehead atoms. The summed E-state index contributed by atoms with van der Waals surface area (Å²) in [4.78, 5) is 5.32. The monoisotopic (exact) mass is 358 g/mol. The average Bonchev–Trinajstić information content (AvgIpc) is 2.54. The van der Waals surface area contributed by atoms with Crippen LogP contribution >= 0.6 is 0 Å². The van der Waals surface area contributed by atoms with Gasteiger partial charge < -0.3 is 9.87 Å². The first kappa shape index (κ1) is 19.3. The van der Waals surface area contributed by atoms with Crippen LogP contribution in [0.15, 0.2) is 47.4 Å². The van der Waals surface area contributed by atoms with Gasteiger partial charge in [0.15, 0.2) is 10.7 Å². The summed E-state index contributed by atoms with van der Waals surface area (Å²) in [5.41, 5.74) is 1.45. The summed E-state index contributed by atoms with van der Waals surface area (Å²) in [5, 5.41) is 11.6. The minimum absolute atomic E-state index is 0.0818. The number of benzene rings is 1. The fraction of sp³-hybridized carbons (Fsp3) is 0.368. The Morgan fingerprint density at radius 1 is 1.12 bits per heavy atom. The van der Waals surface area contributed by atoms with Crippen molar-refractivity contribution in [3.63, 3.8) is 0 Å². The van der Waals surface area contributed by atoms with Crippen molar-refractivity contribution in [2.24, 2.45) is 0 Å². The van der Waals surface area contributed by atoms with Crippen molar-refractivity contribution >= 4 is 23.0 Å². The van der Waals surface area contributed by atoms with Crippen LogP contribution in [0.2, 0.25) is 0 Å². The molecule has 0 saturated heterocycles. The van der Waals surface area contributed by atoms with E-state index in [1.807, 2.05) is 44.2 Å². The Balaban J connectivity index is 2.28. The molecule has 2 rings (SSSR count). The lowest BCUT2D eigenvalue weighted by molar-refractivity contribution is 0.569. The molecule has 0 spiro atoms. The lowest BCUT2D eigenvalue weighted by Crippen LogP contribution is -2.32. The number of aromatic nitrogens is 1. The molecule has 25 heavy (non-hydrogen) atoms. The molecule has 1 aromatic heterocycles. The molecule has 0 aliphatic rings. The normalized spacial score (nSPS) is 12.8. The standard InChI is InChI=1S/C19H26N4OS/c1-13(2)21-18-15(11-12-16(22-18)19(3,4)5)17(20)23-25(24)14-9-7-6-8-10-14/h6-13H,1-5H3,(H2,20,23)(H,21,22). The van der Waals surface area contributed by atoms with Crippen molar-refractivity contribution in [1.82, 2.24) is 9.71 Å². The first-order chi connectivity index (χ1) is 11.7. The molecule has 0 aliphatic carbocycles. The van der Waals surface area contributed by atoms with E-state index >= 15 is 0 Å². The largest absolute Gasteiger partial charge is 0.588 e. The van der Waals surface area contributed by atoms with Crippen molar-refractivity contribution in [3.8, 4) is 0 Å². The predicted molar refractivity (Wildman–Crippen MR) is 105 cm³/mol. The van der Waals surface area contributed by atoms with E-state index in [2.05, 4.69) is 30.8 Å². The molecule has 1 aromatic carbocycles. The van der Waals surface area contributed by atoms with E-state index in [-0.39, 0.29) is 17.3 Å². The fourth-order valence-electron chi connectivity index (χ4n) is 2.21. The molecule has 0 radical (unpaired) electrons. The first-order valence-electron chi connectivity index (χ1n) is 8.29. The van der Waals surface area contributed by atoms with Gasteiger partial charge in [0.2, 0.25) is 0 Å². The molecule has 1 unspecified atom stereocenters. The summed E-state index contributed by atoms with van der Waals surface area (Å²) >= 11 is -1.49. The molecule has 6 heteroatoms. The highest BCUT2D eigenvalue weighted by atomic mass is 32.2. The Morgan fingerprint density at radius 2 is 1.76 bits per heavy atom. The Morgan fingerprint density at radius 3 is 2.32 bits per heavy atom. The van der Waals surface area contributed by atoms with E-state index in [4.69, 9.17) is 10.4 Å². The zero-order valence-corrected chi connectivity index (χ0v) is 16.2. The number of rotatable bonds is 5. The molecule has 0 fully saturated rings. The highest BCUT2D eigenvalue weighted by Crippen LogP contribution is 2.24. The molecule has 134 valence electrons. The summed E-state index contributed by atoms with van der Waals surface area (Å²) in [6, 6.07) is 13.0. The second-order valence-corrected chi connectivity index (χ2v) is 8.41. The molecule has 3 N–H and O–H groups in total. The van der Waals surface area contributed by atoms with Gasteiger partial charge in [-0.25, -0.2) is 4.98 Å². The van der Waals surface area contributed by atoms with E-state index in [0.717, 1.165) is 5.69 Å². The Labute approximate surface area is 153 Å². The highest BCUT2D eigenvalue weighted by molar-refractivity contribution is 7.90. The molecule has 1 heterocycles. The molecule has 5 nitrogen and oxygen atoms in total. The minimum Gasteiger partial charge on any atom is -0.588 e. The molecule has 1 atom stereocenters. The van der Waals surface area contributed by atoms with Gasteiger partial charge in [-0.05, 0) is 38.1 Å². The second kappa shape index (κ2) is 7.89. The van der Waals surface area contributed by atoms with E-state index < -0.39 is 11.4 Å². The van der Waals surface area contributed by atoms with Gasteiger partial charge in [-0.3, -0.25) is 5.41 Å². The second-order valence-electron chi connectivity index (χ2n) is 7.20. The van der Waals surface area contributed by atoms with Gasteiger partial charge in [-0.15, -0.1) is 0 Å². The van der Waals surface area contributed by atoms with Gasteiger partial charge >= 0.3 is 0 Å². The zero-order chi connectivity index (χ0) is 18.6. The number of amidine groups is 1. The average molecular weight is 359 g/mol. The van der Waals surface area contributed by atoms with Gasteiger partial charge in [-0.1, -0.05) is 39.0 Å². The van der Waals surface area contributed by atoms with Crippen LogP contribution in [0.3, 0.4) is 0 Å². The van der Waals surface area contributed by atoms with Crippen LogP contribution in [-0.2, 0) is 16.8 Å². The number of pyridine rings is 1. The Bertz CT molecular complexity index is 726. The van der Waals surface area contributed by atoms with Crippen LogP contribution in [0.5, 0.6) is 0 Å². The van der Waals surface area contributed by atoms with Crippen LogP contribution in [0.25, 0.3) is 0 Å². The smallest absolute Gasteiger partial charge is 0.179 e. The topological polar surface area (TPSA) is 83.9 Å². The van der Waals surface area contributed by atoms with Crippen LogP contribution < -0.4 is 10.0 Å². The van der Waals surface area contributed by atoms with E-state index in [1.54, 1.807) is 12.1 Å². The van der Waals surface area contributed by atoms with Gasteiger partial charge in [0.25, 0.3) is 0 Å². The van der Waals surface area contributed by atoms with Crippen molar-refractivity contribution in [1.29, 1.82) is 5.41 Å². The Kier molecular flexibility index (Phi) is 6.08. The van der Waals surface area contributed by atoms with Gasteiger partial charge in [0.05, 0.1) is 5.56 Å². The number of hydrogen-bond donors (Lipinski definition) is 3. The third-order valence-electron chi connectivity index (χ3n) is 3.51. The van der Waals surface area contributed by atoms with Crippen molar-refractivity contribution in [2.45, 2.75) is 51.0 Å². The van der Waals surface area contributed by atoms with Crippen LogP contribution in [-0.4, -0.2) is 21.4 Å². The van der Waals surface area contributed by atoms with Crippen molar-refractivity contribution in [2.75, 3.05) is 5.32 Å². The van der Waals surface area contributed by atoms with Crippen molar-refractivity contribution < 1.29 is 4.55 Å². The molecule has 0 saturated carbocycles. The maximum absolute atomic E-state index is 12.4. The van der Waals surface area contributed by atoms with Gasteiger partial charge in [0, 0.05) is 17.2 Å². The van der Waals surface area contributed by atoms with E-state index in [9.17, 15) is 4.55 Å². The van der Waals surface area contributed by atoms with Gasteiger partial charge in [0.1, 0.15) is 17.2 Å². The number of nitrogens with zero attached hydrogens (tertiary/aromatic N) is 1. The lowest BCUT2D eigenvalue weighted by Gasteiger charge is -2.22. The van der Waals surface area contributed by atoms with E-state index in [1.165, 1.54) is 0 Å². The molecule has 0 amide bonds. The highest BCUT2D eigenvalue weighted by Gasteiger charge is 2.21.